The predicted molar refractivity (Wildman–Crippen MR) is 58.7 cm³/mol. The highest BCUT2D eigenvalue weighted by molar-refractivity contribution is 6.31. The Morgan fingerprint density at radius 2 is 2.14 bits per heavy atom. The van der Waals surface area contributed by atoms with E-state index in [0.717, 1.165) is 22.2 Å². The van der Waals surface area contributed by atoms with Gasteiger partial charge in [0.2, 0.25) is 0 Å². The van der Waals surface area contributed by atoms with Crippen molar-refractivity contribution in [1.82, 2.24) is 4.98 Å². The molecule has 1 unspecified atom stereocenters. The summed E-state index contributed by atoms with van der Waals surface area (Å²) in [6.07, 6.45) is -0.470. The van der Waals surface area contributed by atoms with Crippen LogP contribution in [0.1, 0.15) is 24.3 Å². The molecule has 0 saturated carbocycles. The molecule has 0 saturated heterocycles. The molecule has 1 heterocycles. The lowest BCUT2D eigenvalue weighted by Crippen LogP contribution is -1.91. The molecule has 14 heavy (non-hydrogen) atoms. The second-order valence-corrected chi connectivity index (χ2v) is 3.97. The fraction of sp³-hybridized carbons (Fsp3) is 0.273. The van der Waals surface area contributed by atoms with Crippen molar-refractivity contribution in [3.8, 4) is 0 Å². The summed E-state index contributed by atoms with van der Waals surface area (Å²) >= 11 is 5.91. The Kier molecular flexibility index (Phi) is 2.25. The third-order valence-electron chi connectivity index (χ3n) is 2.42. The molecule has 0 amide bonds. The first-order valence-electron chi connectivity index (χ1n) is 4.55. The lowest BCUT2D eigenvalue weighted by Gasteiger charge is -2.03. The van der Waals surface area contributed by atoms with Crippen LogP contribution in [0.2, 0.25) is 5.02 Å². The Labute approximate surface area is 87.5 Å². The first-order valence-corrected chi connectivity index (χ1v) is 4.93. The fourth-order valence-electron chi connectivity index (χ4n) is 1.86. The number of hydrogen-bond acceptors (Lipinski definition) is 1. The Hall–Kier alpha value is -0.990. The number of aromatic nitrogens is 1. The fourth-order valence-corrected chi connectivity index (χ4v) is 2.03. The van der Waals surface area contributed by atoms with Crippen molar-refractivity contribution in [2.24, 2.45) is 0 Å². The van der Waals surface area contributed by atoms with E-state index in [4.69, 9.17) is 11.6 Å². The monoisotopic (exact) mass is 209 g/mol. The highest BCUT2D eigenvalue weighted by Crippen LogP contribution is 2.29. The SMILES string of the molecule is Cc1[nH]c2ccc(Cl)cc2c1C(C)O. The van der Waals surface area contributed by atoms with Crippen LogP contribution >= 0.6 is 11.6 Å². The Balaban J connectivity index is 2.79. The Morgan fingerprint density at radius 1 is 1.43 bits per heavy atom. The number of aryl methyl sites for hydroxylation is 1. The van der Waals surface area contributed by atoms with Crippen LogP contribution in [0.15, 0.2) is 18.2 Å². The van der Waals surface area contributed by atoms with Crippen LogP contribution in [0.3, 0.4) is 0 Å². The number of halogens is 1. The van der Waals surface area contributed by atoms with Crippen molar-refractivity contribution in [3.05, 3.63) is 34.5 Å². The number of rotatable bonds is 1. The summed E-state index contributed by atoms with van der Waals surface area (Å²) in [6, 6.07) is 5.64. The molecule has 2 aromatic rings. The number of benzene rings is 1. The smallest absolute Gasteiger partial charge is 0.0785 e. The molecule has 2 rings (SSSR count). The number of aromatic amines is 1. The van der Waals surface area contributed by atoms with Gasteiger partial charge in [0.1, 0.15) is 0 Å². The second kappa shape index (κ2) is 3.30. The number of H-pyrrole nitrogens is 1. The van der Waals surface area contributed by atoms with Crippen LogP contribution in [0.4, 0.5) is 0 Å². The van der Waals surface area contributed by atoms with Crippen molar-refractivity contribution >= 4 is 22.5 Å². The molecule has 0 aliphatic heterocycles. The van der Waals surface area contributed by atoms with Gasteiger partial charge in [0.05, 0.1) is 6.10 Å². The average molecular weight is 210 g/mol. The highest BCUT2D eigenvalue weighted by atomic mass is 35.5. The molecule has 0 fully saturated rings. The lowest BCUT2D eigenvalue weighted by atomic mass is 10.1. The Bertz CT molecular complexity index is 473. The van der Waals surface area contributed by atoms with Gasteiger partial charge in [-0.1, -0.05) is 11.6 Å². The summed E-state index contributed by atoms with van der Waals surface area (Å²) in [7, 11) is 0. The summed E-state index contributed by atoms with van der Waals surface area (Å²) in [5.74, 6) is 0. The Morgan fingerprint density at radius 3 is 2.79 bits per heavy atom. The van der Waals surface area contributed by atoms with Gasteiger partial charge in [0.25, 0.3) is 0 Å². The van der Waals surface area contributed by atoms with E-state index in [2.05, 4.69) is 4.98 Å². The summed E-state index contributed by atoms with van der Waals surface area (Å²) in [5, 5.41) is 11.3. The van der Waals surface area contributed by atoms with Crippen LogP contribution in [0.5, 0.6) is 0 Å². The lowest BCUT2D eigenvalue weighted by molar-refractivity contribution is 0.200. The first kappa shape index (κ1) is 9.56. The maximum atomic E-state index is 9.62. The molecule has 0 aliphatic carbocycles. The van der Waals surface area contributed by atoms with E-state index in [-0.39, 0.29) is 0 Å². The molecule has 0 bridgehead atoms. The zero-order chi connectivity index (χ0) is 10.3. The van der Waals surface area contributed by atoms with E-state index in [1.54, 1.807) is 6.92 Å². The third kappa shape index (κ3) is 1.41. The molecule has 74 valence electrons. The molecule has 2 nitrogen and oxygen atoms in total. The number of aliphatic hydroxyl groups is 1. The van der Waals surface area contributed by atoms with Crippen LogP contribution in [0.25, 0.3) is 10.9 Å². The van der Waals surface area contributed by atoms with E-state index in [1.807, 2.05) is 25.1 Å². The van der Waals surface area contributed by atoms with Gasteiger partial charge >= 0.3 is 0 Å². The maximum absolute atomic E-state index is 9.62. The van der Waals surface area contributed by atoms with Crippen LogP contribution in [-0.4, -0.2) is 10.1 Å². The quantitative estimate of drug-likeness (QED) is 0.744. The normalized spacial score (nSPS) is 13.4. The van der Waals surface area contributed by atoms with Gasteiger partial charge in [0.15, 0.2) is 0 Å². The minimum atomic E-state index is -0.470. The van der Waals surface area contributed by atoms with Gasteiger partial charge in [-0.25, -0.2) is 0 Å². The highest BCUT2D eigenvalue weighted by Gasteiger charge is 2.12. The van der Waals surface area contributed by atoms with Crippen LogP contribution in [-0.2, 0) is 0 Å². The zero-order valence-electron chi connectivity index (χ0n) is 8.13. The van der Waals surface area contributed by atoms with Gasteiger partial charge in [-0.05, 0) is 32.0 Å². The van der Waals surface area contributed by atoms with Crippen molar-refractivity contribution < 1.29 is 5.11 Å². The molecule has 3 heteroatoms. The predicted octanol–water partition coefficient (Wildman–Crippen LogP) is 3.18. The zero-order valence-corrected chi connectivity index (χ0v) is 8.89. The molecule has 2 N–H and O–H groups in total. The van der Waals surface area contributed by atoms with Gasteiger partial charge in [0, 0.05) is 27.2 Å². The van der Waals surface area contributed by atoms with Crippen molar-refractivity contribution in [2.75, 3.05) is 0 Å². The molecule has 0 radical (unpaired) electrons. The maximum Gasteiger partial charge on any atom is 0.0785 e. The third-order valence-corrected chi connectivity index (χ3v) is 2.65. The minimum absolute atomic E-state index is 0.470. The summed E-state index contributed by atoms with van der Waals surface area (Å²) < 4.78 is 0. The standard InChI is InChI=1S/C11H12ClNO/c1-6-11(7(2)14)9-5-8(12)3-4-10(9)13-6/h3-5,7,13-14H,1-2H3. The molecule has 1 atom stereocenters. The van der Waals surface area contributed by atoms with E-state index in [0.29, 0.717) is 5.02 Å². The molecule has 1 aromatic heterocycles. The summed E-state index contributed by atoms with van der Waals surface area (Å²) in [6.45, 7) is 3.71. The van der Waals surface area contributed by atoms with Crippen LogP contribution in [0, 0.1) is 6.92 Å². The molecular formula is C11H12ClNO. The van der Waals surface area contributed by atoms with Crippen molar-refractivity contribution in [3.63, 3.8) is 0 Å². The van der Waals surface area contributed by atoms with Gasteiger partial charge in [-0.2, -0.15) is 0 Å². The summed E-state index contributed by atoms with van der Waals surface area (Å²) in [5.41, 5.74) is 2.95. The topological polar surface area (TPSA) is 36.0 Å². The van der Waals surface area contributed by atoms with Crippen molar-refractivity contribution in [2.45, 2.75) is 20.0 Å². The van der Waals surface area contributed by atoms with Gasteiger partial charge in [-0.3, -0.25) is 0 Å². The first-order chi connectivity index (χ1) is 6.59. The molecule has 0 aliphatic rings. The number of aliphatic hydroxyl groups excluding tert-OH is 1. The van der Waals surface area contributed by atoms with Gasteiger partial charge in [-0.15, -0.1) is 0 Å². The number of nitrogens with one attached hydrogen (secondary N) is 1. The minimum Gasteiger partial charge on any atom is -0.389 e. The van der Waals surface area contributed by atoms with Crippen molar-refractivity contribution in [1.29, 1.82) is 0 Å². The van der Waals surface area contributed by atoms with Gasteiger partial charge < -0.3 is 10.1 Å². The number of hydrogen-bond donors (Lipinski definition) is 2. The average Bonchev–Trinajstić information content (AvgIpc) is 2.40. The van der Waals surface area contributed by atoms with E-state index in [9.17, 15) is 5.11 Å². The summed E-state index contributed by atoms with van der Waals surface area (Å²) in [4.78, 5) is 3.22. The van der Waals surface area contributed by atoms with E-state index < -0.39 is 6.10 Å². The van der Waals surface area contributed by atoms with E-state index in [1.165, 1.54) is 0 Å². The molecule has 1 aromatic carbocycles. The van der Waals surface area contributed by atoms with Crippen LogP contribution < -0.4 is 0 Å². The molecule has 0 spiro atoms. The van der Waals surface area contributed by atoms with E-state index >= 15 is 0 Å². The largest absolute Gasteiger partial charge is 0.389 e. The molecular weight excluding hydrogens is 198 g/mol. The second-order valence-electron chi connectivity index (χ2n) is 3.53. The number of fused-ring (bicyclic) bond motifs is 1.